The Morgan fingerprint density at radius 1 is 1.53 bits per heavy atom. The molecule has 0 radical (unpaired) electrons. The Morgan fingerprint density at radius 2 is 2.24 bits per heavy atom. The lowest BCUT2D eigenvalue weighted by Gasteiger charge is -2.21. The molecule has 96 valence electrons. The first-order valence-electron chi connectivity index (χ1n) is 5.96. The normalized spacial score (nSPS) is 13.4. The van der Waals surface area contributed by atoms with Crippen LogP contribution in [0.15, 0.2) is 12.4 Å². The van der Waals surface area contributed by atoms with Gasteiger partial charge in [0, 0.05) is 17.9 Å². The summed E-state index contributed by atoms with van der Waals surface area (Å²) >= 11 is 0. The van der Waals surface area contributed by atoms with Crippen molar-refractivity contribution in [1.82, 2.24) is 20.6 Å². The van der Waals surface area contributed by atoms with Crippen molar-refractivity contribution in [2.24, 2.45) is 0 Å². The molecule has 1 rings (SSSR count). The first kappa shape index (κ1) is 13.7. The Morgan fingerprint density at radius 3 is 2.71 bits per heavy atom. The number of imidazole rings is 1. The molecule has 0 spiro atoms. The highest BCUT2D eigenvalue weighted by atomic mass is 16.2. The van der Waals surface area contributed by atoms with Gasteiger partial charge in [0.25, 0.3) is 0 Å². The van der Waals surface area contributed by atoms with Crippen molar-refractivity contribution in [1.29, 1.82) is 0 Å². The summed E-state index contributed by atoms with van der Waals surface area (Å²) in [6.45, 7) is 8.43. The molecule has 0 fully saturated rings. The van der Waals surface area contributed by atoms with Crippen LogP contribution in [-0.2, 0) is 4.79 Å². The minimum Gasteiger partial charge on any atom is -0.347 e. The standard InChI is InChI=1S/C12H22N4O/c1-5-9(11-13-6-7-14-11)16-10(17)8-15-12(2,3)4/h6-7,9,15H,5,8H2,1-4H3,(H,13,14)(H,16,17). The number of nitrogens with zero attached hydrogens (tertiary/aromatic N) is 1. The van der Waals surface area contributed by atoms with E-state index in [-0.39, 0.29) is 17.5 Å². The Kier molecular flexibility index (Phi) is 4.69. The summed E-state index contributed by atoms with van der Waals surface area (Å²) < 4.78 is 0. The summed E-state index contributed by atoms with van der Waals surface area (Å²) in [5.41, 5.74) is -0.0519. The maximum absolute atomic E-state index is 11.7. The van der Waals surface area contributed by atoms with E-state index in [1.807, 2.05) is 27.7 Å². The lowest BCUT2D eigenvalue weighted by molar-refractivity contribution is -0.121. The summed E-state index contributed by atoms with van der Waals surface area (Å²) in [6, 6.07) is -0.0423. The fourth-order valence-corrected chi connectivity index (χ4v) is 1.42. The highest BCUT2D eigenvalue weighted by Crippen LogP contribution is 2.10. The molecule has 17 heavy (non-hydrogen) atoms. The molecule has 5 heteroatoms. The van der Waals surface area contributed by atoms with Crippen molar-refractivity contribution < 1.29 is 4.79 Å². The largest absolute Gasteiger partial charge is 0.347 e. The second kappa shape index (κ2) is 5.82. The molecule has 0 bridgehead atoms. The topological polar surface area (TPSA) is 69.8 Å². The van der Waals surface area contributed by atoms with Crippen molar-refractivity contribution in [3.63, 3.8) is 0 Å². The summed E-state index contributed by atoms with van der Waals surface area (Å²) in [4.78, 5) is 18.9. The van der Waals surface area contributed by atoms with Gasteiger partial charge in [-0.2, -0.15) is 0 Å². The van der Waals surface area contributed by atoms with Crippen LogP contribution in [0.25, 0.3) is 0 Å². The van der Waals surface area contributed by atoms with E-state index >= 15 is 0 Å². The molecule has 5 nitrogen and oxygen atoms in total. The minimum atomic E-state index is -0.0519. The Hall–Kier alpha value is -1.36. The molecule has 0 aromatic carbocycles. The molecule has 0 saturated carbocycles. The molecule has 1 heterocycles. The zero-order valence-electron chi connectivity index (χ0n) is 11.0. The van der Waals surface area contributed by atoms with Crippen molar-refractivity contribution >= 4 is 5.91 Å². The van der Waals surface area contributed by atoms with Crippen LogP contribution in [0.1, 0.15) is 46.0 Å². The zero-order valence-corrected chi connectivity index (χ0v) is 11.0. The van der Waals surface area contributed by atoms with E-state index in [4.69, 9.17) is 0 Å². The molecule has 0 aliphatic rings. The third-order valence-electron chi connectivity index (χ3n) is 2.37. The van der Waals surface area contributed by atoms with Gasteiger partial charge in [-0.3, -0.25) is 4.79 Å². The summed E-state index contributed by atoms with van der Waals surface area (Å²) in [5.74, 6) is 0.791. The molecule has 0 saturated heterocycles. The van der Waals surface area contributed by atoms with Gasteiger partial charge in [-0.15, -0.1) is 0 Å². The quantitative estimate of drug-likeness (QED) is 0.725. The zero-order chi connectivity index (χ0) is 12.9. The number of H-pyrrole nitrogens is 1. The van der Waals surface area contributed by atoms with Crippen LogP contribution >= 0.6 is 0 Å². The summed E-state index contributed by atoms with van der Waals surface area (Å²) in [6.07, 6.45) is 4.27. The SMILES string of the molecule is CCC(NC(=O)CNC(C)(C)C)c1ncc[nH]1. The smallest absolute Gasteiger partial charge is 0.234 e. The molecule has 1 aromatic heterocycles. The van der Waals surface area contributed by atoms with Gasteiger partial charge >= 0.3 is 0 Å². The summed E-state index contributed by atoms with van der Waals surface area (Å²) in [5, 5.41) is 6.10. The molecular formula is C12H22N4O. The van der Waals surface area contributed by atoms with E-state index in [2.05, 4.69) is 20.6 Å². The van der Waals surface area contributed by atoms with E-state index in [1.54, 1.807) is 12.4 Å². The van der Waals surface area contributed by atoms with Crippen LogP contribution < -0.4 is 10.6 Å². The van der Waals surface area contributed by atoms with Gasteiger partial charge in [-0.05, 0) is 27.2 Å². The van der Waals surface area contributed by atoms with Gasteiger partial charge in [0.15, 0.2) is 0 Å². The van der Waals surface area contributed by atoms with E-state index in [0.29, 0.717) is 6.54 Å². The van der Waals surface area contributed by atoms with Crippen molar-refractivity contribution in [3.05, 3.63) is 18.2 Å². The fourth-order valence-electron chi connectivity index (χ4n) is 1.42. The van der Waals surface area contributed by atoms with Crippen LogP contribution in [0.2, 0.25) is 0 Å². The number of carbonyl (C=O) groups is 1. The lowest BCUT2D eigenvalue weighted by atomic mass is 10.1. The van der Waals surface area contributed by atoms with Gasteiger partial charge in [0.2, 0.25) is 5.91 Å². The van der Waals surface area contributed by atoms with E-state index < -0.39 is 0 Å². The number of hydrogen-bond donors (Lipinski definition) is 3. The lowest BCUT2D eigenvalue weighted by Crippen LogP contribution is -2.44. The van der Waals surface area contributed by atoms with Gasteiger partial charge in [-0.1, -0.05) is 6.92 Å². The molecule has 3 N–H and O–H groups in total. The first-order valence-corrected chi connectivity index (χ1v) is 5.96. The number of amides is 1. The van der Waals surface area contributed by atoms with E-state index in [9.17, 15) is 4.79 Å². The second-order valence-electron chi connectivity index (χ2n) is 5.11. The van der Waals surface area contributed by atoms with Crippen LogP contribution in [-0.4, -0.2) is 28.0 Å². The minimum absolute atomic E-state index is 0.0109. The van der Waals surface area contributed by atoms with Crippen molar-refractivity contribution in [2.45, 2.75) is 45.7 Å². The number of rotatable bonds is 5. The van der Waals surface area contributed by atoms with Gasteiger partial charge in [0.05, 0.1) is 12.6 Å². The number of aromatic nitrogens is 2. The molecule has 1 atom stereocenters. The second-order valence-corrected chi connectivity index (χ2v) is 5.11. The molecule has 1 amide bonds. The number of hydrogen-bond acceptors (Lipinski definition) is 3. The highest BCUT2D eigenvalue weighted by Gasteiger charge is 2.16. The maximum Gasteiger partial charge on any atom is 0.234 e. The van der Waals surface area contributed by atoms with E-state index in [1.165, 1.54) is 0 Å². The van der Waals surface area contributed by atoms with Crippen molar-refractivity contribution in [3.8, 4) is 0 Å². The molecule has 0 aliphatic carbocycles. The number of nitrogens with one attached hydrogen (secondary N) is 3. The van der Waals surface area contributed by atoms with Crippen LogP contribution in [0, 0.1) is 0 Å². The van der Waals surface area contributed by atoms with E-state index in [0.717, 1.165) is 12.2 Å². The van der Waals surface area contributed by atoms with Crippen LogP contribution in [0.4, 0.5) is 0 Å². The Bertz CT molecular complexity index is 340. The predicted molar refractivity (Wildman–Crippen MR) is 67.5 cm³/mol. The van der Waals surface area contributed by atoms with Crippen LogP contribution in [0.3, 0.4) is 0 Å². The fraction of sp³-hybridized carbons (Fsp3) is 0.667. The van der Waals surface area contributed by atoms with Crippen molar-refractivity contribution in [2.75, 3.05) is 6.54 Å². The third kappa shape index (κ3) is 4.99. The molecule has 1 unspecified atom stereocenters. The highest BCUT2D eigenvalue weighted by molar-refractivity contribution is 5.78. The average Bonchev–Trinajstić information content (AvgIpc) is 2.75. The number of carbonyl (C=O) groups excluding carboxylic acids is 1. The average molecular weight is 238 g/mol. The van der Waals surface area contributed by atoms with Gasteiger partial charge in [-0.25, -0.2) is 4.98 Å². The predicted octanol–water partition coefficient (Wildman–Crippen LogP) is 1.37. The van der Waals surface area contributed by atoms with Gasteiger partial charge in [0.1, 0.15) is 5.82 Å². The third-order valence-corrected chi connectivity index (χ3v) is 2.37. The number of aromatic amines is 1. The Balaban J connectivity index is 2.44. The van der Waals surface area contributed by atoms with Crippen LogP contribution in [0.5, 0.6) is 0 Å². The van der Waals surface area contributed by atoms with Gasteiger partial charge < -0.3 is 15.6 Å². The molecule has 0 aliphatic heterocycles. The first-order chi connectivity index (χ1) is 7.92. The summed E-state index contributed by atoms with van der Waals surface area (Å²) in [7, 11) is 0. The maximum atomic E-state index is 11.7. The Labute approximate surface area is 102 Å². The monoisotopic (exact) mass is 238 g/mol. The molecule has 1 aromatic rings. The molecular weight excluding hydrogens is 216 g/mol.